The van der Waals surface area contributed by atoms with Gasteiger partial charge in [0.05, 0.1) is 17.6 Å². The van der Waals surface area contributed by atoms with Crippen molar-refractivity contribution >= 4 is 17.6 Å². The molecule has 25 heavy (non-hydrogen) atoms. The third-order valence-corrected chi connectivity index (χ3v) is 4.08. The van der Waals surface area contributed by atoms with E-state index in [1.165, 1.54) is 4.90 Å². The number of aliphatic carboxylic acids is 1. The van der Waals surface area contributed by atoms with Crippen LogP contribution >= 0.6 is 0 Å². The molecule has 1 heterocycles. The molecular formula is C19H16N2O4. The number of nitrogens with zero attached hydrogens (tertiary/aromatic N) is 2. The van der Waals surface area contributed by atoms with Crippen LogP contribution in [0, 0.1) is 17.2 Å². The topological polar surface area (TPSA) is 90.6 Å². The first-order valence-electron chi connectivity index (χ1n) is 7.82. The minimum Gasteiger partial charge on any atom is -0.489 e. The molecule has 1 fully saturated rings. The van der Waals surface area contributed by atoms with E-state index in [9.17, 15) is 9.59 Å². The van der Waals surface area contributed by atoms with E-state index in [0.29, 0.717) is 23.6 Å². The standard InChI is InChI=1S/C19H16N2O4/c20-10-13-2-1-3-14(8-13)12-25-17-6-4-16(5-7-17)21-11-15(19(23)24)9-18(21)22/h1-8,15H,9,11-12H2,(H,23,24). The van der Waals surface area contributed by atoms with Crippen LogP contribution in [0.1, 0.15) is 17.5 Å². The van der Waals surface area contributed by atoms with E-state index >= 15 is 0 Å². The molecule has 0 aromatic heterocycles. The third kappa shape index (κ3) is 3.78. The summed E-state index contributed by atoms with van der Waals surface area (Å²) in [7, 11) is 0. The molecule has 6 heteroatoms. The molecule has 1 unspecified atom stereocenters. The minimum absolute atomic E-state index is 0.0306. The fourth-order valence-electron chi connectivity index (χ4n) is 2.74. The Labute approximate surface area is 144 Å². The molecule has 126 valence electrons. The van der Waals surface area contributed by atoms with E-state index < -0.39 is 11.9 Å². The summed E-state index contributed by atoms with van der Waals surface area (Å²) in [6.07, 6.45) is 0.0306. The average molecular weight is 336 g/mol. The summed E-state index contributed by atoms with van der Waals surface area (Å²) in [6, 6.07) is 16.2. The van der Waals surface area contributed by atoms with Gasteiger partial charge < -0.3 is 14.7 Å². The molecule has 1 aliphatic heterocycles. The number of carboxylic acid groups (broad SMARTS) is 1. The smallest absolute Gasteiger partial charge is 0.308 e. The Hall–Kier alpha value is -3.33. The predicted octanol–water partition coefficient (Wildman–Crippen LogP) is 2.57. The lowest BCUT2D eigenvalue weighted by molar-refractivity contribution is -0.141. The van der Waals surface area contributed by atoms with Crippen LogP contribution in [0.15, 0.2) is 48.5 Å². The molecule has 1 amide bonds. The Morgan fingerprint density at radius 1 is 1.28 bits per heavy atom. The highest BCUT2D eigenvalue weighted by molar-refractivity contribution is 5.99. The number of ether oxygens (including phenoxy) is 1. The van der Waals surface area contributed by atoms with Crippen LogP contribution in [-0.4, -0.2) is 23.5 Å². The number of benzene rings is 2. The molecule has 0 bridgehead atoms. The number of amides is 1. The first kappa shape index (κ1) is 16.5. The zero-order chi connectivity index (χ0) is 17.8. The van der Waals surface area contributed by atoms with E-state index in [1.54, 1.807) is 42.5 Å². The summed E-state index contributed by atoms with van der Waals surface area (Å²) in [5.41, 5.74) is 2.13. The number of rotatable bonds is 5. The predicted molar refractivity (Wildman–Crippen MR) is 90.0 cm³/mol. The first-order chi connectivity index (χ1) is 12.1. The zero-order valence-corrected chi connectivity index (χ0v) is 13.4. The molecule has 1 aliphatic rings. The maximum Gasteiger partial charge on any atom is 0.308 e. The van der Waals surface area contributed by atoms with Crippen LogP contribution in [0.3, 0.4) is 0 Å². The number of carboxylic acids is 1. The van der Waals surface area contributed by atoms with E-state index in [4.69, 9.17) is 15.1 Å². The minimum atomic E-state index is -0.949. The van der Waals surface area contributed by atoms with E-state index in [1.807, 2.05) is 6.07 Å². The number of anilines is 1. The molecule has 0 radical (unpaired) electrons. The number of hydrogen-bond donors (Lipinski definition) is 1. The Kier molecular flexibility index (Phi) is 4.66. The van der Waals surface area contributed by atoms with Gasteiger partial charge in [-0.3, -0.25) is 9.59 Å². The van der Waals surface area contributed by atoms with Crippen molar-refractivity contribution in [3.8, 4) is 11.8 Å². The summed E-state index contributed by atoms with van der Waals surface area (Å²) in [5.74, 6) is -1.16. The third-order valence-electron chi connectivity index (χ3n) is 4.08. The molecule has 3 rings (SSSR count). The van der Waals surface area contributed by atoms with Gasteiger partial charge in [-0.05, 0) is 42.0 Å². The highest BCUT2D eigenvalue weighted by atomic mass is 16.5. The van der Waals surface area contributed by atoms with Crippen LogP contribution in [0.2, 0.25) is 0 Å². The maximum atomic E-state index is 12.0. The maximum absolute atomic E-state index is 12.0. The Morgan fingerprint density at radius 3 is 2.68 bits per heavy atom. The van der Waals surface area contributed by atoms with Crippen molar-refractivity contribution in [1.82, 2.24) is 0 Å². The van der Waals surface area contributed by atoms with Gasteiger partial charge in [-0.1, -0.05) is 12.1 Å². The van der Waals surface area contributed by atoms with Crippen LogP contribution in [0.5, 0.6) is 5.75 Å². The summed E-state index contributed by atoms with van der Waals surface area (Å²) in [4.78, 5) is 24.5. The van der Waals surface area contributed by atoms with Crippen molar-refractivity contribution in [1.29, 1.82) is 5.26 Å². The molecule has 0 spiro atoms. The molecular weight excluding hydrogens is 320 g/mol. The second-order valence-corrected chi connectivity index (χ2v) is 5.84. The normalized spacial score (nSPS) is 16.5. The van der Waals surface area contributed by atoms with Gasteiger partial charge in [0, 0.05) is 18.7 Å². The van der Waals surface area contributed by atoms with Crippen LogP contribution in [0.4, 0.5) is 5.69 Å². The Balaban J connectivity index is 1.63. The van der Waals surface area contributed by atoms with Crippen molar-refractivity contribution in [3.05, 3.63) is 59.7 Å². The second-order valence-electron chi connectivity index (χ2n) is 5.84. The first-order valence-corrected chi connectivity index (χ1v) is 7.82. The summed E-state index contributed by atoms with van der Waals surface area (Å²) >= 11 is 0. The van der Waals surface area contributed by atoms with Gasteiger partial charge in [-0.15, -0.1) is 0 Å². The van der Waals surface area contributed by atoms with Crippen molar-refractivity contribution in [2.24, 2.45) is 5.92 Å². The van der Waals surface area contributed by atoms with Crippen molar-refractivity contribution in [2.75, 3.05) is 11.4 Å². The molecule has 2 aromatic carbocycles. The molecule has 1 atom stereocenters. The van der Waals surface area contributed by atoms with Crippen molar-refractivity contribution in [2.45, 2.75) is 13.0 Å². The molecule has 0 aliphatic carbocycles. The van der Waals surface area contributed by atoms with Crippen molar-refractivity contribution < 1.29 is 19.4 Å². The van der Waals surface area contributed by atoms with Gasteiger partial charge in [0.15, 0.2) is 0 Å². The van der Waals surface area contributed by atoms with E-state index in [0.717, 1.165) is 5.56 Å². The number of carbonyl (C=O) groups is 2. The van der Waals surface area contributed by atoms with E-state index in [-0.39, 0.29) is 18.9 Å². The number of hydrogen-bond acceptors (Lipinski definition) is 4. The summed E-state index contributed by atoms with van der Waals surface area (Å²) in [5, 5.41) is 17.9. The molecule has 0 saturated carbocycles. The molecule has 6 nitrogen and oxygen atoms in total. The highest BCUT2D eigenvalue weighted by Crippen LogP contribution is 2.27. The molecule has 1 N–H and O–H groups in total. The van der Waals surface area contributed by atoms with Crippen LogP contribution < -0.4 is 9.64 Å². The quantitative estimate of drug-likeness (QED) is 0.906. The summed E-state index contributed by atoms with van der Waals surface area (Å²) in [6.45, 7) is 0.522. The van der Waals surface area contributed by atoms with Gasteiger partial charge >= 0.3 is 5.97 Å². The van der Waals surface area contributed by atoms with Gasteiger partial charge in [-0.25, -0.2) is 0 Å². The zero-order valence-electron chi connectivity index (χ0n) is 13.4. The largest absolute Gasteiger partial charge is 0.489 e. The lowest BCUT2D eigenvalue weighted by Crippen LogP contribution is -2.25. The monoisotopic (exact) mass is 336 g/mol. The van der Waals surface area contributed by atoms with E-state index in [2.05, 4.69) is 6.07 Å². The molecule has 2 aromatic rings. The fraction of sp³-hybridized carbons (Fsp3) is 0.211. The fourth-order valence-corrected chi connectivity index (χ4v) is 2.74. The summed E-state index contributed by atoms with van der Waals surface area (Å²) < 4.78 is 5.69. The van der Waals surface area contributed by atoms with Gasteiger partial charge in [0.2, 0.25) is 5.91 Å². The van der Waals surface area contributed by atoms with Crippen LogP contribution in [0.25, 0.3) is 0 Å². The van der Waals surface area contributed by atoms with Crippen molar-refractivity contribution in [3.63, 3.8) is 0 Å². The van der Waals surface area contributed by atoms with Crippen LogP contribution in [-0.2, 0) is 16.2 Å². The Morgan fingerprint density at radius 2 is 2.04 bits per heavy atom. The highest BCUT2D eigenvalue weighted by Gasteiger charge is 2.34. The second kappa shape index (κ2) is 7.05. The average Bonchev–Trinajstić information content (AvgIpc) is 3.03. The Bertz CT molecular complexity index is 839. The lowest BCUT2D eigenvalue weighted by Gasteiger charge is -2.16. The molecule has 1 saturated heterocycles. The lowest BCUT2D eigenvalue weighted by atomic mass is 10.1. The number of carbonyl (C=O) groups excluding carboxylic acids is 1. The van der Waals surface area contributed by atoms with Gasteiger partial charge in [0.1, 0.15) is 12.4 Å². The van der Waals surface area contributed by atoms with Gasteiger partial charge in [-0.2, -0.15) is 5.26 Å². The number of nitriles is 1. The SMILES string of the molecule is N#Cc1cccc(COc2ccc(N3CC(C(=O)O)CC3=O)cc2)c1. The van der Waals surface area contributed by atoms with Gasteiger partial charge in [0.25, 0.3) is 0 Å².